The number of amides is 5. The summed E-state index contributed by atoms with van der Waals surface area (Å²) in [5, 5.41) is 11.8. The third-order valence-electron chi connectivity index (χ3n) is 10.0. The minimum absolute atomic E-state index is 0.0256. The van der Waals surface area contributed by atoms with E-state index in [4.69, 9.17) is 14.5 Å². The van der Waals surface area contributed by atoms with Crippen molar-refractivity contribution in [1.29, 1.82) is 0 Å². The maximum atomic E-state index is 13.5. The van der Waals surface area contributed by atoms with Crippen LogP contribution < -0.4 is 21.3 Å². The molecule has 0 aromatic heterocycles. The van der Waals surface area contributed by atoms with Gasteiger partial charge in [0.25, 0.3) is 0 Å². The van der Waals surface area contributed by atoms with Crippen molar-refractivity contribution in [2.75, 3.05) is 39.2 Å². The molecule has 5 amide bonds. The molecular weight excluding hydrogens is 666 g/mol. The molecule has 0 bridgehead atoms. The van der Waals surface area contributed by atoms with Crippen LogP contribution in [-0.4, -0.2) is 104 Å². The zero-order valence-corrected chi connectivity index (χ0v) is 30.8. The highest BCUT2D eigenvalue weighted by Gasteiger charge is 2.40. The van der Waals surface area contributed by atoms with Crippen LogP contribution in [0.25, 0.3) is 11.1 Å². The SMILES string of the molecule is COC(=O)N[C@H](C(=O)N1CCC[C@H]1C(=O)Nc1ccc(-c2ccc(C3CN=C([C@@H]4CCCN4C(=O)[C@@H](NC(=O)OC)C(C)C)N3)cc2)cc1)C(C)C. The first kappa shape index (κ1) is 38.1. The summed E-state index contributed by atoms with van der Waals surface area (Å²) in [6.45, 7) is 9.06. The summed E-state index contributed by atoms with van der Waals surface area (Å²) in [6.07, 6.45) is 1.58. The molecule has 4 N–H and O–H groups in total. The van der Waals surface area contributed by atoms with E-state index in [1.54, 1.807) is 4.90 Å². The molecule has 0 aliphatic carbocycles. The van der Waals surface area contributed by atoms with Crippen LogP contribution in [0, 0.1) is 11.8 Å². The summed E-state index contributed by atoms with van der Waals surface area (Å²) in [6, 6.07) is 13.5. The minimum Gasteiger partial charge on any atom is -0.453 e. The fourth-order valence-corrected chi connectivity index (χ4v) is 7.10. The van der Waals surface area contributed by atoms with Crippen molar-refractivity contribution >= 4 is 41.4 Å². The monoisotopic (exact) mass is 717 g/mol. The van der Waals surface area contributed by atoms with Gasteiger partial charge in [0.1, 0.15) is 24.0 Å². The quantitative estimate of drug-likeness (QED) is 0.270. The van der Waals surface area contributed by atoms with Gasteiger partial charge in [0.15, 0.2) is 0 Å². The maximum Gasteiger partial charge on any atom is 0.407 e. The molecule has 2 fully saturated rings. The van der Waals surface area contributed by atoms with Gasteiger partial charge in [-0.1, -0.05) is 64.1 Å². The summed E-state index contributed by atoms with van der Waals surface area (Å²) < 4.78 is 9.43. The standard InChI is InChI=1S/C38H51N7O7/c1-22(2)31(42-37(49)51-5)35(47)44-19-7-9-29(44)33-39-21-28(41-33)26-13-11-24(12-14-26)25-15-17-27(18-16-25)40-34(46)30-10-8-20-45(30)36(48)32(23(3)4)43-38(50)52-6/h11-18,22-23,28-32H,7-10,19-21H2,1-6H3,(H,39,41)(H,40,46)(H,42,49)(H,43,50)/t28?,29-,30-,31-,32-/m0/s1. The van der Waals surface area contributed by atoms with Gasteiger partial charge in [0.05, 0.1) is 32.8 Å². The summed E-state index contributed by atoms with van der Waals surface area (Å²) in [7, 11) is 2.53. The molecular formula is C38H51N7O7. The largest absolute Gasteiger partial charge is 0.453 e. The van der Waals surface area contributed by atoms with Crippen molar-refractivity contribution in [1.82, 2.24) is 25.8 Å². The van der Waals surface area contributed by atoms with E-state index in [9.17, 15) is 24.0 Å². The molecule has 0 spiro atoms. The van der Waals surface area contributed by atoms with Crippen molar-refractivity contribution in [2.24, 2.45) is 16.8 Å². The second-order valence-electron chi connectivity index (χ2n) is 14.2. The van der Waals surface area contributed by atoms with E-state index in [0.717, 1.165) is 35.4 Å². The van der Waals surface area contributed by atoms with Crippen LogP contribution in [0.4, 0.5) is 15.3 Å². The van der Waals surface area contributed by atoms with Crippen LogP contribution in [0.2, 0.25) is 0 Å². The molecule has 5 rings (SSSR count). The highest BCUT2D eigenvalue weighted by molar-refractivity contribution is 5.99. The van der Waals surface area contributed by atoms with E-state index in [-0.39, 0.29) is 41.6 Å². The smallest absolute Gasteiger partial charge is 0.407 e. The van der Waals surface area contributed by atoms with Crippen LogP contribution in [0.3, 0.4) is 0 Å². The van der Waals surface area contributed by atoms with Gasteiger partial charge < -0.3 is 40.5 Å². The number of benzene rings is 2. The minimum atomic E-state index is -0.792. The normalized spacial score (nSPS) is 20.9. The summed E-state index contributed by atoms with van der Waals surface area (Å²) >= 11 is 0. The number of rotatable bonds is 11. The lowest BCUT2D eigenvalue weighted by molar-refractivity contribution is -0.139. The Kier molecular flexibility index (Phi) is 12.4. The highest BCUT2D eigenvalue weighted by atomic mass is 16.5. The van der Waals surface area contributed by atoms with Crippen molar-refractivity contribution in [2.45, 2.75) is 83.6 Å². The van der Waals surface area contributed by atoms with E-state index < -0.39 is 30.3 Å². The number of nitrogens with one attached hydrogen (secondary N) is 4. The Balaban J connectivity index is 1.17. The van der Waals surface area contributed by atoms with Gasteiger partial charge in [-0.05, 0) is 66.3 Å². The molecule has 0 radical (unpaired) electrons. The molecule has 3 heterocycles. The Morgan fingerprint density at radius 3 is 1.83 bits per heavy atom. The fraction of sp³-hybridized carbons (Fsp3) is 0.526. The number of methoxy groups -OCH3 is 2. The molecule has 2 aromatic carbocycles. The summed E-state index contributed by atoms with van der Waals surface area (Å²) in [5.41, 5.74) is 3.69. The van der Waals surface area contributed by atoms with E-state index in [1.807, 2.05) is 56.9 Å². The Hall–Kier alpha value is -5.14. The molecule has 3 aliphatic rings. The molecule has 1 unspecified atom stereocenters. The summed E-state index contributed by atoms with van der Waals surface area (Å²) in [5.74, 6) is -0.189. The Morgan fingerprint density at radius 1 is 0.750 bits per heavy atom. The van der Waals surface area contributed by atoms with Crippen molar-refractivity contribution in [3.63, 3.8) is 0 Å². The lowest BCUT2D eigenvalue weighted by atomic mass is 10.0. The molecule has 14 nitrogen and oxygen atoms in total. The number of carbonyl (C=O) groups excluding carboxylic acids is 5. The number of aliphatic imine (C=N–C) groups is 1. The number of amidine groups is 1. The third kappa shape index (κ3) is 8.65. The zero-order chi connectivity index (χ0) is 37.5. The third-order valence-corrected chi connectivity index (χ3v) is 10.0. The predicted molar refractivity (Wildman–Crippen MR) is 196 cm³/mol. The molecule has 2 aromatic rings. The van der Waals surface area contributed by atoms with Gasteiger partial charge in [-0.3, -0.25) is 19.4 Å². The molecule has 280 valence electrons. The van der Waals surface area contributed by atoms with Gasteiger partial charge in [0, 0.05) is 18.8 Å². The lowest BCUT2D eigenvalue weighted by Gasteiger charge is -2.31. The molecule has 52 heavy (non-hydrogen) atoms. The number of anilines is 1. The Morgan fingerprint density at radius 2 is 1.27 bits per heavy atom. The van der Waals surface area contributed by atoms with Gasteiger partial charge >= 0.3 is 12.2 Å². The van der Waals surface area contributed by atoms with E-state index in [2.05, 4.69) is 45.5 Å². The topological polar surface area (TPSA) is 171 Å². The van der Waals surface area contributed by atoms with Crippen LogP contribution in [-0.2, 0) is 23.9 Å². The molecule has 2 saturated heterocycles. The zero-order valence-electron chi connectivity index (χ0n) is 30.8. The van der Waals surface area contributed by atoms with Crippen molar-refractivity contribution in [3.8, 4) is 11.1 Å². The first-order valence-corrected chi connectivity index (χ1v) is 18.0. The van der Waals surface area contributed by atoms with Gasteiger partial charge in [-0.2, -0.15) is 0 Å². The van der Waals surface area contributed by atoms with Crippen molar-refractivity contribution in [3.05, 3.63) is 54.1 Å². The lowest BCUT2D eigenvalue weighted by Crippen LogP contribution is -2.54. The van der Waals surface area contributed by atoms with Gasteiger partial charge in [-0.25, -0.2) is 9.59 Å². The van der Waals surface area contributed by atoms with Gasteiger partial charge in [-0.15, -0.1) is 0 Å². The van der Waals surface area contributed by atoms with Crippen LogP contribution in [0.15, 0.2) is 53.5 Å². The summed E-state index contributed by atoms with van der Waals surface area (Å²) in [4.78, 5) is 72.1. The van der Waals surface area contributed by atoms with Crippen LogP contribution in [0.1, 0.15) is 65.0 Å². The number of nitrogens with zero attached hydrogens (tertiary/aromatic N) is 3. The molecule has 0 saturated carbocycles. The predicted octanol–water partition coefficient (Wildman–Crippen LogP) is 4.08. The van der Waals surface area contributed by atoms with E-state index in [1.165, 1.54) is 14.2 Å². The fourth-order valence-electron chi connectivity index (χ4n) is 7.10. The number of alkyl carbamates (subject to hydrolysis) is 2. The number of carbonyl (C=O) groups is 5. The van der Waals surface area contributed by atoms with Crippen molar-refractivity contribution < 1.29 is 33.4 Å². The molecule has 5 atom stereocenters. The van der Waals surface area contributed by atoms with E-state index in [0.29, 0.717) is 38.2 Å². The average molecular weight is 718 g/mol. The number of hydrogen-bond donors (Lipinski definition) is 4. The first-order valence-electron chi connectivity index (χ1n) is 18.0. The number of hydrogen-bond acceptors (Lipinski definition) is 9. The molecule has 3 aliphatic heterocycles. The number of ether oxygens (including phenoxy) is 2. The Labute approximate surface area is 305 Å². The van der Waals surface area contributed by atoms with Crippen LogP contribution >= 0.6 is 0 Å². The second kappa shape index (κ2) is 16.9. The average Bonchev–Trinajstić information content (AvgIpc) is 3.94. The van der Waals surface area contributed by atoms with Gasteiger partial charge in [0.2, 0.25) is 17.7 Å². The number of likely N-dealkylation sites (tertiary alicyclic amines) is 2. The highest BCUT2D eigenvalue weighted by Crippen LogP contribution is 2.29. The second-order valence-corrected chi connectivity index (χ2v) is 14.2. The van der Waals surface area contributed by atoms with E-state index >= 15 is 0 Å². The Bertz CT molecular complexity index is 1640. The van der Waals surface area contributed by atoms with Crippen LogP contribution in [0.5, 0.6) is 0 Å². The molecule has 14 heteroatoms. The maximum absolute atomic E-state index is 13.5. The first-order chi connectivity index (χ1) is 24.9.